The molecule has 2 aromatic rings. The molecule has 21 heavy (non-hydrogen) atoms. The second-order valence-corrected chi connectivity index (χ2v) is 5.13. The maximum Gasteiger partial charge on any atom is 0.267 e. The van der Waals surface area contributed by atoms with Crippen molar-refractivity contribution in [1.82, 2.24) is 29.9 Å². The third-order valence-corrected chi connectivity index (χ3v) is 3.19. The summed E-state index contributed by atoms with van der Waals surface area (Å²) < 4.78 is 2.53. The van der Waals surface area contributed by atoms with Gasteiger partial charge in [0.15, 0.2) is 5.82 Å². The number of amides is 1. The zero-order valence-corrected chi connectivity index (χ0v) is 12.2. The van der Waals surface area contributed by atoms with Crippen LogP contribution in [-0.2, 0) is 11.3 Å². The van der Waals surface area contributed by atoms with Gasteiger partial charge in [-0.3, -0.25) is 9.59 Å². The average molecular weight is 290 g/mol. The van der Waals surface area contributed by atoms with Crippen molar-refractivity contribution in [2.75, 3.05) is 0 Å². The molecule has 0 bridgehead atoms. The Morgan fingerprint density at radius 3 is 2.71 bits per heavy atom. The minimum absolute atomic E-state index is 0.0340. The van der Waals surface area contributed by atoms with Gasteiger partial charge in [-0.05, 0) is 18.9 Å². The Bertz CT molecular complexity index is 662. The molecule has 0 saturated carbocycles. The van der Waals surface area contributed by atoms with Gasteiger partial charge in [-0.15, -0.1) is 5.10 Å². The molecule has 0 aliphatic carbocycles. The third kappa shape index (κ3) is 3.74. The molecule has 0 aliphatic heterocycles. The second kappa shape index (κ2) is 6.29. The number of hydrogen-bond acceptors (Lipinski definition) is 5. The highest BCUT2D eigenvalue weighted by atomic mass is 16.2. The van der Waals surface area contributed by atoms with Crippen molar-refractivity contribution in [3.8, 4) is 5.82 Å². The van der Waals surface area contributed by atoms with E-state index in [2.05, 4.69) is 20.5 Å². The van der Waals surface area contributed by atoms with Gasteiger partial charge in [0.05, 0.1) is 0 Å². The SMILES string of the molecule is CC(C)[C@@H](C)NC(=O)Cn1nc(-n2cncn2)ccc1=O. The molecular formula is C13H18N6O2. The van der Waals surface area contributed by atoms with Crippen LogP contribution in [0.25, 0.3) is 5.82 Å². The van der Waals surface area contributed by atoms with Gasteiger partial charge in [0.25, 0.3) is 5.56 Å². The molecule has 0 spiro atoms. The van der Waals surface area contributed by atoms with E-state index in [1.165, 1.54) is 29.5 Å². The Morgan fingerprint density at radius 1 is 1.33 bits per heavy atom. The zero-order valence-electron chi connectivity index (χ0n) is 12.2. The highest BCUT2D eigenvalue weighted by Gasteiger charge is 2.12. The highest BCUT2D eigenvalue weighted by Crippen LogP contribution is 2.00. The normalized spacial score (nSPS) is 12.4. The number of rotatable bonds is 5. The first-order valence-corrected chi connectivity index (χ1v) is 6.70. The molecule has 112 valence electrons. The molecule has 1 atom stereocenters. The summed E-state index contributed by atoms with van der Waals surface area (Å²) in [6.45, 7) is 5.82. The number of carbonyl (C=O) groups is 1. The highest BCUT2D eigenvalue weighted by molar-refractivity contribution is 5.75. The van der Waals surface area contributed by atoms with E-state index in [0.29, 0.717) is 11.7 Å². The van der Waals surface area contributed by atoms with Gasteiger partial charge in [0, 0.05) is 12.1 Å². The van der Waals surface area contributed by atoms with Crippen LogP contribution in [0.2, 0.25) is 0 Å². The van der Waals surface area contributed by atoms with Crippen LogP contribution in [0.4, 0.5) is 0 Å². The van der Waals surface area contributed by atoms with E-state index in [0.717, 1.165) is 4.68 Å². The Labute approximate surface area is 121 Å². The van der Waals surface area contributed by atoms with Crippen molar-refractivity contribution >= 4 is 5.91 Å². The molecule has 1 amide bonds. The van der Waals surface area contributed by atoms with Gasteiger partial charge < -0.3 is 5.32 Å². The lowest BCUT2D eigenvalue weighted by atomic mass is 10.1. The second-order valence-electron chi connectivity index (χ2n) is 5.13. The molecule has 0 unspecified atom stereocenters. The van der Waals surface area contributed by atoms with E-state index in [1.807, 2.05) is 20.8 Å². The lowest BCUT2D eigenvalue weighted by Gasteiger charge is -2.17. The van der Waals surface area contributed by atoms with E-state index in [4.69, 9.17) is 0 Å². The van der Waals surface area contributed by atoms with E-state index < -0.39 is 0 Å². The summed E-state index contributed by atoms with van der Waals surface area (Å²) in [6, 6.07) is 2.91. The summed E-state index contributed by atoms with van der Waals surface area (Å²) in [5.74, 6) is 0.499. The summed E-state index contributed by atoms with van der Waals surface area (Å²) in [6.07, 6.45) is 2.84. The fourth-order valence-corrected chi connectivity index (χ4v) is 1.60. The van der Waals surface area contributed by atoms with Gasteiger partial charge in [-0.2, -0.15) is 5.10 Å². The minimum Gasteiger partial charge on any atom is -0.352 e. The van der Waals surface area contributed by atoms with Crippen LogP contribution in [0.5, 0.6) is 0 Å². The summed E-state index contributed by atoms with van der Waals surface area (Å²) >= 11 is 0. The maximum absolute atomic E-state index is 11.9. The fourth-order valence-electron chi connectivity index (χ4n) is 1.60. The van der Waals surface area contributed by atoms with Crippen molar-refractivity contribution in [3.05, 3.63) is 35.1 Å². The largest absolute Gasteiger partial charge is 0.352 e. The van der Waals surface area contributed by atoms with Gasteiger partial charge in [0.2, 0.25) is 5.91 Å². The van der Waals surface area contributed by atoms with Crippen molar-refractivity contribution < 1.29 is 4.79 Å². The minimum atomic E-state index is -0.341. The lowest BCUT2D eigenvalue weighted by Crippen LogP contribution is -2.40. The molecule has 2 aromatic heterocycles. The van der Waals surface area contributed by atoms with Gasteiger partial charge in [0.1, 0.15) is 19.2 Å². The number of hydrogen-bond donors (Lipinski definition) is 1. The number of aromatic nitrogens is 5. The van der Waals surface area contributed by atoms with Crippen LogP contribution < -0.4 is 10.9 Å². The standard InChI is InChI=1S/C13H18N6O2/c1-9(2)10(3)16-12(20)6-18-13(21)5-4-11(17-18)19-8-14-7-15-19/h4-5,7-10H,6H2,1-3H3,(H,16,20)/t10-/m1/s1. The molecule has 8 nitrogen and oxygen atoms in total. The van der Waals surface area contributed by atoms with E-state index in [-0.39, 0.29) is 24.1 Å². The Morgan fingerprint density at radius 2 is 2.10 bits per heavy atom. The Hall–Kier alpha value is -2.51. The van der Waals surface area contributed by atoms with E-state index >= 15 is 0 Å². The van der Waals surface area contributed by atoms with Gasteiger partial charge in [-0.1, -0.05) is 13.8 Å². The first-order chi connectivity index (χ1) is 9.97. The number of nitrogens with zero attached hydrogens (tertiary/aromatic N) is 5. The van der Waals surface area contributed by atoms with Crippen molar-refractivity contribution in [2.24, 2.45) is 5.92 Å². The van der Waals surface area contributed by atoms with Gasteiger partial charge in [-0.25, -0.2) is 14.3 Å². The monoisotopic (exact) mass is 290 g/mol. The number of nitrogens with one attached hydrogen (secondary N) is 1. The molecule has 1 N–H and O–H groups in total. The van der Waals surface area contributed by atoms with Crippen LogP contribution in [0.1, 0.15) is 20.8 Å². The fraction of sp³-hybridized carbons (Fsp3) is 0.462. The van der Waals surface area contributed by atoms with Crippen molar-refractivity contribution in [3.63, 3.8) is 0 Å². The average Bonchev–Trinajstić information content (AvgIpc) is 2.95. The van der Waals surface area contributed by atoms with Gasteiger partial charge >= 0.3 is 0 Å². The van der Waals surface area contributed by atoms with Crippen LogP contribution in [0.15, 0.2) is 29.6 Å². The van der Waals surface area contributed by atoms with Crippen LogP contribution in [0, 0.1) is 5.92 Å². The molecule has 0 aromatic carbocycles. The molecule has 2 heterocycles. The molecule has 0 aliphatic rings. The van der Waals surface area contributed by atoms with Crippen molar-refractivity contribution in [2.45, 2.75) is 33.4 Å². The van der Waals surface area contributed by atoms with Crippen molar-refractivity contribution in [1.29, 1.82) is 0 Å². The number of carbonyl (C=O) groups excluding carboxylic acids is 1. The maximum atomic E-state index is 11.9. The van der Waals surface area contributed by atoms with Crippen LogP contribution in [0.3, 0.4) is 0 Å². The summed E-state index contributed by atoms with van der Waals surface area (Å²) in [7, 11) is 0. The third-order valence-electron chi connectivity index (χ3n) is 3.19. The first-order valence-electron chi connectivity index (χ1n) is 6.70. The quantitative estimate of drug-likeness (QED) is 0.835. The predicted molar refractivity (Wildman–Crippen MR) is 75.9 cm³/mol. The molecule has 0 fully saturated rings. The summed E-state index contributed by atoms with van der Waals surface area (Å²) in [5.41, 5.74) is -0.341. The molecule has 8 heteroatoms. The summed E-state index contributed by atoms with van der Waals surface area (Å²) in [4.78, 5) is 27.5. The van der Waals surface area contributed by atoms with E-state index in [1.54, 1.807) is 0 Å². The molecular weight excluding hydrogens is 272 g/mol. The zero-order chi connectivity index (χ0) is 15.4. The first kappa shape index (κ1) is 14.9. The molecule has 2 rings (SSSR count). The van der Waals surface area contributed by atoms with Crippen LogP contribution in [-0.4, -0.2) is 36.5 Å². The lowest BCUT2D eigenvalue weighted by molar-refractivity contribution is -0.122. The summed E-state index contributed by atoms with van der Waals surface area (Å²) in [5, 5.41) is 10.9. The smallest absolute Gasteiger partial charge is 0.267 e. The van der Waals surface area contributed by atoms with E-state index in [9.17, 15) is 9.59 Å². The van der Waals surface area contributed by atoms with Crippen LogP contribution >= 0.6 is 0 Å². The molecule has 0 saturated heterocycles. The Kier molecular flexibility index (Phi) is 4.46. The predicted octanol–water partition coefficient (Wildman–Crippen LogP) is -0.0153. The topological polar surface area (TPSA) is 94.7 Å². The molecule has 0 radical (unpaired) electrons. The Balaban J connectivity index is 2.15.